The summed E-state index contributed by atoms with van der Waals surface area (Å²) >= 11 is 0. The number of carbonyl (C=O) groups excluding carboxylic acids is 1. The first-order valence-corrected chi connectivity index (χ1v) is 5.79. The van der Waals surface area contributed by atoms with Crippen molar-refractivity contribution in [3.05, 3.63) is 12.0 Å². The summed E-state index contributed by atoms with van der Waals surface area (Å²) in [6, 6.07) is 1.82. The molecular weight excluding hydrogens is 251 g/mol. The molecule has 7 nitrogen and oxygen atoms in total. The van der Waals surface area contributed by atoms with E-state index >= 15 is 0 Å². The SMILES string of the molecule is N#CCC(=O)N1CCN(c2nc(N)ncc2F)CC1. The Kier molecular flexibility index (Phi) is 3.75. The highest BCUT2D eigenvalue weighted by Crippen LogP contribution is 2.18. The molecule has 1 saturated heterocycles. The maximum Gasteiger partial charge on any atom is 0.236 e. The lowest BCUT2D eigenvalue weighted by atomic mass is 10.3. The summed E-state index contributed by atoms with van der Waals surface area (Å²) in [5.74, 6) is -0.574. The summed E-state index contributed by atoms with van der Waals surface area (Å²) < 4.78 is 13.6. The van der Waals surface area contributed by atoms with Gasteiger partial charge in [0.1, 0.15) is 6.42 Å². The Morgan fingerprint density at radius 1 is 1.47 bits per heavy atom. The van der Waals surface area contributed by atoms with Crippen LogP contribution in [0, 0.1) is 17.1 Å². The number of aromatic nitrogens is 2. The van der Waals surface area contributed by atoms with Gasteiger partial charge in [-0.25, -0.2) is 9.37 Å². The summed E-state index contributed by atoms with van der Waals surface area (Å²) in [6.45, 7) is 1.77. The van der Waals surface area contributed by atoms with Crippen molar-refractivity contribution in [3.63, 3.8) is 0 Å². The van der Waals surface area contributed by atoms with E-state index in [1.54, 1.807) is 9.80 Å². The molecule has 1 amide bonds. The van der Waals surface area contributed by atoms with Crippen molar-refractivity contribution in [1.29, 1.82) is 5.26 Å². The van der Waals surface area contributed by atoms with Gasteiger partial charge < -0.3 is 15.5 Å². The van der Waals surface area contributed by atoms with Crippen molar-refractivity contribution in [1.82, 2.24) is 14.9 Å². The standard InChI is InChI=1S/C11H13FN6O/c12-8-7-15-11(14)16-10(8)18-5-3-17(4-6-18)9(19)1-2-13/h7H,1,3-6H2,(H2,14,15,16). The fourth-order valence-electron chi connectivity index (χ4n) is 1.94. The number of nitriles is 1. The van der Waals surface area contributed by atoms with Crippen LogP contribution in [-0.4, -0.2) is 47.0 Å². The number of amides is 1. The molecule has 2 rings (SSSR count). The van der Waals surface area contributed by atoms with Crippen LogP contribution in [0.5, 0.6) is 0 Å². The number of piperazine rings is 1. The van der Waals surface area contributed by atoms with E-state index in [1.807, 2.05) is 6.07 Å². The molecule has 1 aromatic heterocycles. The Balaban J connectivity index is 2.02. The largest absolute Gasteiger partial charge is 0.368 e. The number of carbonyl (C=O) groups is 1. The highest BCUT2D eigenvalue weighted by atomic mass is 19.1. The minimum absolute atomic E-state index is 0.0133. The number of nitrogen functional groups attached to an aromatic ring is 1. The van der Waals surface area contributed by atoms with Crippen molar-refractivity contribution >= 4 is 17.7 Å². The maximum absolute atomic E-state index is 13.6. The van der Waals surface area contributed by atoms with E-state index in [4.69, 9.17) is 11.0 Å². The predicted molar refractivity (Wildman–Crippen MR) is 65.4 cm³/mol. The molecule has 0 aromatic carbocycles. The lowest BCUT2D eigenvalue weighted by molar-refractivity contribution is -0.130. The molecule has 1 aromatic rings. The second-order valence-corrected chi connectivity index (χ2v) is 4.10. The summed E-state index contributed by atoms with van der Waals surface area (Å²) in [4.78, 5) is 22.3. The van der Waals surface area contributed by atoms with Crippen LogP contribution in [0.2, 0.25) is 0 Å². The van der Waals surface area contributed by atoms with Gasteiger partial charge in [0.15, 0.2) is 11.6 Å². The number of hydrogen-bond acceptors (Lipinski definition) is 6. The van der Waals surface area contributed by atoms with Crippen LogP contribution in [0.4, 0.5) is 16.2 Å². The molecule has 0 radical (unpaired) electrons. The molecule has 0 spiro atoms. The van der Waals surface area contributed by atoms with Crippen LogP contribution < -0.4 is 10.6 Å². The van der Waals surface area contributed by atoms with Gasteiger partial charge in [-0.3, -0.25) is 4.79 Å². The van der Waals surface area contributed by atoms with Crippen LogP contribution >= 0.6 is 0 Å². The van der Waals surface area contributed by atoms with E-state index in [0.29, 0.717) is 26.2 Å². The fraction of sp³-hybridized carbons (Fsp3) is 0.455. The number of nitrogens with zero attached hydrogens (tertiary/aromatic N) is 5. The third-order valence-electron chi connectivity index (χ3n) is 2.91. The molecule has 0 unspecified atom stereocenters. The Hall–Kier alpha value is -2.43. The lowest BCUT2D eigenvalue weighted by Crippen LogP contribution is -2.49. The average Bonchev–Trinajstić information content (AvgIpc) is 2.42. The van der Waals surface area contributed by atoms with E-state index in [9.17, 15) is 9.18 Å². The van der Waals surface area contributed by atoms with Gasteiger partial charge in [0, 0.05) is 26.2 Å². The monoisotopic (exact) mass is 264 g/mol. The molecule has 2 N–H and O–H groups in total. The summed E-state index contributed by atoms with van der Waals surface area (Å²) in [5.41, 5.74) is 5.43. The van der Waals surface area contributed by atoms with Crippen molar-refractivity contribution in [2.45, 2.75) is 6.42 Å². The van der Waals surface area contributed by atoms with Gasteiger partial charge in [0.05, 0.1) is 12.3 Å². The number of anilines is 2. The van der Waals surface area contributed by atoms with Gasteiger partial charge >= 0.3 is 0 Å². The topological polar surface area (TPSA) is 99.1 Å². The van der Waals surface area contributed by atoms with E-state index in [1.165, 1.54) is 0 Å². The van der Waals surface area contributed by atoms with E-state index in [2.05, 4.69) is 9.97 Å². The van der Waals surface area contributed by atoms with Gasteiger partial charge in [-0.2, -0.15) is 10.2 Å². The molecule has 0 saturated carbocycles. The maximum atomic E-state index is 13.6. The smallest absolute Gasteiger partial charge is 0.236 e. The number of nitrogens with two attached hydrogens (primary N) is 1. The van der Waals surface area contributed by atoms with Gasteiger partial charge in [-0.1, -0.05) is 0 Å². The second kappa shape index (κ2) is 5.48. The minimum atomic E-state index is -0.536. The molecule has 100 valence electrons. The minimum Gasteiger partial charge on any atom is -0.368 e. The predicted octanol–water partition coefficient (Wildman–Crippen LogP) is -0.240. The number of rotatable bonds is 2. The molecule has 1 aliphatic heterocycles. The van der Waals surface area contributed by atoms with Crippen LogP contribution in [0.25, 0.3) is 0 Å². The van der Waals surface area contributed by atoms with Crippen molar-refractivity contribution in [2.75, 3.05) is 36.8 Å². The van der Waals surface area contributed by atoms with E-state index < -0.39 is 5.82 Å². The molecule has 0 aliphatic carbocycles. The summed E-state index contributed by atoms with van der Waals surface area (Å²) in [6.07, 6.45) is 0.902. The van der Waals surface area contributed by atoms with Crippen LogP contribution in [0.1, 0.15) is 6.42 Å². The van der Waals surface area contributed by atoms with Crippen molar-refractivity contribution in [2.24, 2.45) is 0 Å². The zero-order valence-electron chi connectivity index (χ0n) is 10.2. The van der Waals surface area contributed by atoms with Gasteiger partial charge in [-0.15, -0.1) is 0 Å². The third-order valence-corrected chi connectivity index (χ3v) is 2.91. The Morgan fingerprint density at radius 2 is 2.16 bits per heavy atom. The van der Waals surface area contributed by atoms with Crippen LogP contribution in [-0.2, 0) is 4.79 Å². The number of halogens is 1. The second-order valence-electron chi connectivity index (χ2n) is 4.10. The molecule has 0 bridgehead atoms. The van der Waals surface area contributed by atoms with E-state index in [-0.39, 0.29) is 24.1 Å². The van der Waals surface area contributed by atoms with Crippen molar-refractivity contribution in [3.8, 4) is 6.07 Å². The Morgan fingerprint density at radius 3 is 2.79 bits per heavy atom. The third kappa shape index (κ3) is 2.88. The average molecular weight is 264 g/mol. The highest BCUT2D eigenvalue weighted by Gasteiger charge is 2.23. The summed E-state index contributed by atoms with van der Waals surface area (Å²) in [7, 11) is 0. The molecule has 8 heteroatoms. The molecular formula is C11H13FN6O. The normalized spacial score (nSPS) is 15.2. The Labute approximate surface area is 109 Å². The van der Waals surface area contributed by atoms with Gasteiger partial charge in [0.25, 0.3) is 0 Å². The zero-order valence-corrected chi connectivity index (χ0v) is 10.2. The Bertz CT molecular complexity index is 520. The van der Waals surface area contributed by atoms with Crippen LogP contribution in [0.3, 0.4) is 0 Å². The summed E-state index contributed by atoms with van der Waals surface area (Å²) in [5, 5.41) is 8.48. The first-order chi connectivity index (χ1) is 9.11. The highest BCUT2D eigenvalue weighted by molar-refractivity contribution is 5.78. The first-order valence-electron chi connectivity index (χ1n) is 5.79. The molecule has 1 fully saturated rings. The zero-order chi connectivity index (χ0) is 13.8. The molecule has 19 heavy (non-hydrogen) atoms. The molecule has 0 atom stereocenters. The first kappa shape index (κ1) is 13.0. The van der Waals surface area contributed by atoms with Gasteiger partial charge in [0.2, 0.25) is 11.9 Å². The molecule has 2 heterocycles. The lowest BCUT2D eigenvalue weighted by Gasteiger charge is -2.35. The number of hydrogen-bond donors (Lipinski definition) is 1. The van der Waals surface area contributed by atoms with Crippen LogP contribution in [0.15, 0.2) is 6.20 Å². The van der Waals surface area contributed by atoms with Crippen molar-refractivity contribution < 1.29 is 9.18 Å². The molecule has 1 aliphatic rings. The van der Waals surface area contributed by atoms with E-state index in [0.717, 1.165) is 6.20 Å². The quantitative estimate of drug-likeness (QED) is 0.791. The fourth-order valence-corrected chi connectivity index (χ4v) is 1.94. The van der Waals surface area contributed by atoms with Gasteiger partial charge in [-0.05, 0) is 0 Å².